The Bertz CT molecular complexity index is 276. The maximum atomic E-state index is 11.4. The van der Waals surface area contributed by atoms with E-state index in [1.54, 1.807) is 0 Å². The van der Waals surface area contributed by atoms with Gasteiger partial charge in [-0.1, -0.05) is 61.6 Å². The predicted molar refractivity (Wildman–Crippen MR) is 78.2 cm³/mol. The van der Waals surface area contributed by atoms with E-state index in [0.717, 1.165) is 5.57 Å². The largest absolute Gasteiger partial charge is 0.294 e. The number of ketones is 1. The molecule has 0 amide bonds. The molecule has 0 radical (unpaired) electrons. The Morgan fingerprint density at radius 1 is 0.941 bits per heavy atom. The third-order valence-electron chi connectivity index (χ3n) is 1.54. The molecule has 0 saturated carbocycles. The van der Waals surface area contributed by atoms with E-state index >= 15 is 0 Å². The number of rotatable bonds is 3. The molecule has 1 nitrogen and oxygen atoms in total. The fourth-order valence-electron chi connectivity index (χ4n) is 0.826. The summed E-state index contributed by atoms with van der Waals surface area (Å²) < 4.78 is 0. The first kappa shape index (κ1) is 18.5. The third-order valence-corrected chi connectivity index (χ3v) is 1.54. The number of Topliss-reactive ketones (excluding diaryl/α,β-unsaturated/α-hetero) is 1. The van der Waals surface area contributed by atoms with Crippen LogP contribution in [0.2, 0.25) is 0 Å². The van der Waals surface area contributed by atoms with Crippen LogP contribution >= 0.6 is 0 Å². The van der Waals surface area contributed by atoms with Gasteiger partial charge in [0.15, 0.2) is 5.78 Å². The molecule has 0 unspecified atom stereocenters. The Morgan fingerprint density at radius 2 is 1.24 bits per heavy atom. The first-order valence-electron chi connectivity index (χ1n) is 6.12. The van der Waals surface area contributed by atoms with Crippen LogP contribution in [0.15, 0.2) is 24.3 Å². The molecule has 0 spiro atoms. The van der Waals surface area contributed by atoms with Gasteiger partial charge in [0.25, 0.3) is 0 Å². The van der Waals surface area contributed by atoms with Crippen LogP contribution in [0.25, 0.3) is 0 Å². The van der Waals surface area contributed by atoms with E-state index in [1.807, 2.05) is 27.7 Å². The lowest BCUT2D eigenvalue weighted by Crippen LogP contribution is -2.14. The minimum Gasteiger partial charge on any atom is -0.294 e. The van der Waals surface area contributed by atoms with Gasteiger partial charge >= 0.3 is 0 Å². The molecule has 0 atom stereocenters. The highest BCUT2D eigenvalue weighted by Crippen LogP contribution is 2.22. The fourth-order valence-corrected chi connectivity index (χ4v) is 0.826. The van der Waals surface area contributed by atoms with Crippen molar-refractivity contribution in [3.63, 3.8) is 0 Å². The second-order valence-corrected chi connectivity index (χ2v) is 7.42. The van der Waals surface area contributed by atoms with E-state index in [-0.39, 0.29) is 11.2 Å². The summed E-state index contributed by atoms with van der Waals surface area (Å²) in [6.45, 7) is 24.0. The zero-order chi connectivity index (χ0) is 14.4. The number of hydrogen-bond acceptors (Lipinski definition) is 1. The zero-order valence-corrected chi connectivity index (χ0v) is 13.0. The molecular formula is C16H30O. The van der Waals surface area contributed by atoms with Crippen molar-refractivity contribution in [1.29, 1.82) is 0 Å². The van der Waals surface area contributed by atoms with Gasteiger partial charge in [-0.25, -0.2) is 0 Å². The highest BCUT2D eigenvalue weighted by molar-refractivity contribution is 5.98. The van der Waals surface area contributed by atoms with Crippen molar-refractivity contribution in [3.8, 4) is 0 Å². The Kier molecular flexibility index (Phi) is 7.38. The standard InChI is InChI=1S/C11H18O.C5H12/c1-8(2)9(3)10(12)7-11(4,5)6;1-5(2,3)4/h1,3,7H2,2,4-6H3;1-4H3. The van der Waals surface area contributed by atoms with Gasteiger partial charge in [-0.05, 0) is 23.3 Å². The topological polar surface area (TPSA) is 17.1 Å². The van der Waals surface area contributed by atoms with Crippen molar-refractivity contribution in [1.82, 2.24) is 0 Å². The van der Waals surface area contributed by atoms with E-state index in [1.165, 1.54) is 0 Å². The molecule has 0 heterocycles. The second kappa shape index (κ2) is 6.78. The smallest absolute Gasteiger partial charge is 0.163 e. The van der Waals surface area contributed by atoms with Gasteiger partial charge in [0.2, 0.25) is 0 Å². The van der Waals surface area contributed by atoms with Gasteiger partial charge in [0, 0.05) is 12.0 Å². The number of carbonyl (C=O) groups is 1. The first-order chi connectivity index (χ1) is 7.24. The fraction of sp³-hybridized carbons (Fsp3) is 0.688. The summed E-state index contributed by atoms with van der Waals surface area (Å²) in [5.41, 5.74) is 1.87. The molecule has 0 aromatic rings. The molecular weight excluding hydrogens is 208 g/mol. The summed E-state index contributed by atoms with van der Waals surface area (Å²) in [5, 5.41) is 0. The molecule has 0 fully saturated rings. The Labute approximate surface area is 108 Å². The van der Waals surface area contributed by atoms with E-state index in [2.05, 4.69) is 40.9 Å². The van der Waals surface area contributed by atoms with Crippen LogP contribution in [0.4, 0.5) is 0 Å². The molecule has 0 aliphatic heterocycles. The minimum atomic E-state index is 0.0372. The lowest BCUT2D eigenvalue weighted by molar-refractivity contribution is -0.116. The molecule has 17 heavy (non-hydrogen) atoms. The van der Waals surface area contributed by atoms with E-state index in [4.69, 9.17) is 0 Å². The van der Waals surface area contributed by atoms with Crippen molar-refractivity contribution in [2.45, 2.75) is 61.8 Å². The summed E-state index contributed by atoms with van der Waals surface area (Å²) in [6.07, 6.45) is 0.540. The second-order valence-electron chi connectivity index (χ2n) is 7.42. The lowest BCUT2D eigenvalue weighted by Gasteiger charge is -2.17. The molecule has 0 N–H and O–H groups in total. The molecule has 0 bridgehead atoms. The van der Waals surface area contributed by atoms with E-state index in [0.29, 0.717) is 17.4 Å². The van der Waals surface area contributed by atoms with Crippen LogP contribution in [0.1, 0.15) is 61.8 Å². The highest BCUT2D eigenvalue weighted by Gasteiger charge is 2.17. The molecule has 0 aromatic carbocycles. The van der Waals surface area contributed by atoms with Gasteiger partial charge in [-0.3, -0.25) is 4.79 Å². The molecule has 100 valence electrons. The van der Waals surface area contributed by atoms with E-state index < -0.39 is 0 Å². The number of carbonyl (C=O) groups excluding carboxylic acids is 1. The summed E-state index contributed by atoms with van der Waals surface area (Å²) >= 11 is 0. The van der Waals surface area contributed by atoms with Gasteiger partial charge in [0.05, 0.1) is 0 Å². The minimum absolute atomic E-state index is 0.0372. The molecule has 0 rings (SSSR count). The van der Waals surface area contributed by atoms with Crippen molar-refractivity contribution >= 4 is 5.78 Å². The summed E-state index contributed by atoms with van der Waals surface area (Å²) in [4.78, 5) is 11.4. The maximum Gasteiger partial charge on any atom is 0.163 e. The SMILES string of the molecule is C=C(C)C(=C)C(=O)CC(C)(C)C.CC(C)(C)C. The van der Waals surface area contributed by atoms with Crippen LogP contribution < -0.4 is 0 Å². The molecule has 0 aliphatic carbocycles. The summed E-state index contributed by atoms with van der Waals surface area (Å²) in [5.74, 6) is 0.106. The quantitative estimate of drug-likeness (QED) is 0.489. The van der Waals surface area contributed by atoms with Gasteiger partial charge in [-0.2, -0.15) is 0 Å². The van der Waals surface area contributed by atoms with Crippen molar-refractivity contribution in [3.05, 3.63) is 24.3 Å². The first-order valence-corrected chi connectivity index (χ1v) is 6.12. The van der Waals surface area contributed by atoms with Crippen LogP contribution in [0, 0.1) is 10.8 Å². The maximum absolute atomic E-state index is 11.4. The van der Waals surface area contributed by atoms with Gasteiger partial charge in [-0.15, -0.1) is 0 Å². The average Bonchev–Trinajstić information content (AvgIpc) is 1.95. The monoisotopic (exact) mass is 238 g/mol. The van der Waals surface area contributed by atoms with E-state index in [9.17, 15) is 4.79 Å². The van der Waals surface area contributed by atoms with Gasteiger partial charge in [0.1, 0.15) is 0 Å². The Morgan fingerprint density at radius 3 is 1.41 bits per heavy atom. The molecule has 0 aliphatic rings. The number of hydrogen-bond donors (Lipinski definition) is 0. The predicted octanol–water partition coefficient (Wildman–Crippen LogP) is 5.18. The van der Waals surface area contributed by atoms with Crippen molar-refractivity contribution in [2.24, 2.45) is 10.8 Å². The Balaban J connectivity index is 0. The lowest BCUT2D eigenvalue weighted by atomic mass is 9.87. The molecule has 1 heteroatoms. The summed E-state index contributed by atoms with van der Waals surface area (Å²) in [6, 6.07) is 0. The zero-order valence-electron chi connectivity index (χ0n) is 13.0. The van der Waals surface area contributed by atoms with Crippen LogP contribution in [-0.2, 0) is 4.79 Å². The number of allylic oxidation sites excluding steroid dienone is 2. The van der Waals surface area contributed by atoms with Crippen LogP contribution in [-0.4, -0.2) is 5.78 Å². The van der Waals surface area contributed by atoms with Crippen molar-refractivity contribution in [2.75, 3.05) is 0 Å². The van der Waals surface area contributed by atoms with Crippen LogP contribution in [0.5, 0.6) is 0 Å². The normalized spacial score (nSPS) is 11.3. The van der Waals surface area contributed by atoms with Crippen molar-refractivity contribution < 1.29 is 4.79 Å². The summed E-state index contributed by atoms with van der Waals surface area (Å²) in [7, 11) is 0. The Hall–Kier alpha value is -0.850. The molecule has 0 aromatic heterocycles. The van der Waals surface area contributed by atoms with Crippen LogP contribution in [0.3, 0.4) is 0 Å². The third kappa shape index (κ3) is 17.7. The highest BCUT2D eigenvalue weighted by atomic mass is 16.1. The molecule has 0 saturated heterocycles. The van der Waals surface area contributed by atoms with Gasteiger partial charge < -0.3 is 0 Å². The average molecular weight is 238 g/mol.